The molecule has 0 aliphatic heterocycles. The molecule has 2 N–H and O–H groups in total. The van der Waals surface area contributed by atoms with E-state index in [0.717, 1.165) is 16.5 Å². The van der Waals surface area contributed by atoms with E-state index < -0.39 is 28.0 Å². The van der Waals surface area contributed by atoms with Crippen molar-refractivity contribution in [3.63, 3.8) is 0 Å². The number of hydrogen-bond acceptors (Lipinski definition) is 7. The number of carbonyl (C=O) groups excluding carboxylic acids is 1. The van der Waals surface area contributed by atoms with Gasteiger partial charge in [0.2, 0.25) is 10.0 Å². The highest BCUT2D eigenvalue weighted by Crippen LogP contribution is 2.33. The second-order valence-electron chi connectivity index (χ2n) is 8.67. The zero-order chi connectivity index (χ0) is 24.7. The van der Waals surface area contributed by atoms with Gasteiger partial charge in [-0.3, -0.25) is 14.3 Å². The molecule has 1 aliphatic carbocycles. The number of aromatic nitrogens is 4. The van der Waals surface area contributed by atoms with Crippen molar-refractivity contribution in [2.45, 2.75) is 25.8 Å². The Labute approximate surface area is 205 Å². The van der Waals surface area contributed by atoms with Gasteiger partial charge in [-0.05, 0) is 30.9 Å². The number of aromatic amines is 1. The fraction of sp³-hybridized carbons (Fsp3) is 0.304. The van der Waals surface area contributed by atoms with Crippen molar-refractivity contribution in [1.82, 2.24) is 24.5 Å². The predicted molar refractivity (Wildman–Crippen MR) is 131 cm³/mol. The quantitative estimate of drug-likeness (QED) is 0.367. The van der Waals surface area contributed by atoms with Crippen molar-refractivity contribution in [2.75, 3.05) is 12.9 Å². The molecule has 2 aromatic heterocycles. The van der Waals surface area contributed by atoms with Gasteiger partial charge in [-0.2, -0.15) is 5.10 Å². The Morgan fingerprint density at radius 3 is 2.71 bits per heavy atom. The van der Waals surface area contributed by atoms with Gasteiger partial charge in [-0.25, -0.2) is 18.1 Å². The molecule has 0 bridgehead atoms. The maximum absolute atomic E-state index is 12.9. The third-order valence-corrected chi connectivity index (χ3v) is 6.52. The SMILES string of the molecule is CS(=O)(=O)NC(=O)Cn1nc(Cc2nc3cc(OCC4CC4)c(Cl)cc3[nH]2)c2ccccc2c1=O. The zero-order valence-corrected chi connectivity index (χ0v) is 20.3. The van der Waals surface area contributed by atoms with Gasteiger partial charge in [-0.15, -0.1) is 0 Å². The number of nitrogens with zero attached hydrogens (tertiary/aromatic N) is 3. The van der Waals surface area contributed by atoms with Gasteiger partial charge >= 0.3 is 0 Å². The van der Waals surface area contributed by atoms with E-state index in [1.54, 1.807) is 36.4 Å². The number of imidazole rings is 1. The molecule has 1 fully saturated rings. The normalized spacial score (nSPS) is 13.9. The standard InChI is InChI=1S/C23H22ClN5O5S/c1-35(32,33)28-22(30)11-29-23(31)15-5-3-2-4-14(15)17(27-29)10-21-25-18-8-16(24)20(9-19(18)26-21)34-12-13-6-7-13/h2-5,8-9,13H,6-7,10-12H2,1H3,(H,25,26)(H,28,30). The van der Waals surface area contributed by atoms with Crippen LogP contribution < -0.4 is 15.0 Å². The van der Waals surface area contributed by atoms with Gasteiger partial charge in [0, 0.05) is 11.5 Å². The van der Waals surface area contributed by atoms with E-state index in [4.69, 9.17) is 16.3 Å². The highest BCUT2D eigenvalue weighted by molar-refractivity contribution is 7.89. The first-order valence-electron chi connectivity index (χ1n) is 11.0. The van der Waals surface area contributed by atoms with Crippen LogP contribution in [0.2, 0.25) is 5.02 Å². The summed E-state index contributed by atoms with van der Waals surface area (Å²) in [5.41, 5.74) is 1.42. The summed E-state index contributed by atoms with van der Waals surface area (Å²) in [6.07, 6.45) is 3.44. The summed E-state index contributed by atoms with van der Waals surface area (Å²) in [5.74, 6) is 0.892. The topological polar surface area (TPSA) is 136 Å². The molecular formula is C23H22ClN5O5S. The van der Waals surface area contributed by atoms with Gasteiger partial charge in [0.25, 0.3) is 11.5 Å². The molecule has 2 aromatic carbocycles. The molecule has 0 atom stereocenters. The molecule has 1 amide bonds. The molecule has 0 radical (unpaired) electrons. The number of nitrogens with one attached hydrogen (secondary N) is 2. The summed E-state index contributed by atoms with van der Waals surface area (Å²) in [5, 5.41) is 5.83. The number of sulfonamides is 1. The second kappa shape index (κ2) is 8.97. The minimum Gasteiger partial charge on any atom is -0.492 e. The monoisotopic (exact) mass is 515 g/mol. The van der Waals surface area contributed by atoms with Crippen molar-refractivity contribution >= 4 is 49.3 Å². The Bertz CT molecular complexity index is 1620. The minimum atomic E-state index is -3.76. The molecule has 182 valence electrons. The van der Waals surface area contributed by atoms with Crippen LogP contribution in [-0.2, 0) is 27.8 Å². The van der Waals surface area contributed by atoms with Crippen molar-refractivity contribution in [3.05, 3.63) is 63.3 Å². The fourth-order valence-electron chi connectivity index (χ4n) is 3.83. The summed E-state index contributed by atoms with van der Waals surface area (Å²) in [6, 6.07) is 10.5. The number of amides is 1. The average Bonchev–Trinajstić information content (AvgIpc) is 3.53. The molecule has 10 nitrogen and oxygen atoms in total. The van der Waals surface area contributed by atoms with E-state index in [1.807, 2.05) is 4.72 Å². The van der Waals surface area contributed by atoms with Gasteiger partial charge in [0.05, 0.1) is 46.4 Å². The number of rotatable bonds is 8. The molecule has 4 aromatic rings. The molecular weight excluding hydrogens is 494 g/mol. The highest BCUT2D eigenvalue weighted by Gasteiger charge is 2.23. The smallest absolute Gasteiger partial charge is 0.275 e. The molecule has 12 heteroatoms. The van der Waals surface area contributed by atoms with Crippen LogP contribution in [0.5, 0.6) is 5.75 Å². The lowest BCUT2D eigenvalue weighted by Crippen LogP contribution is -2.36. The number of halogens is 1. The summed E-state index contributed by atoms with van der Waals surface area (Å²) >= 11 is 6.38. The Morgan fingerprint density at radius 2 is 2.00 bits per heavy atom. The van der Waals surface area contributed by atoms with Crippen LogP contribution in [0.4, 0.5) is 0 Å². The first-order valence-corrected chi connectivity index (χ1v) is 13.2. The summed E-state index contributed by atoms with van der Waals surface area (Å²) in [7, 11) is -3.76. The Kier molecular flexibility index (Phi) is 5.97. The molecule has 0 spiro atoms. The number of hydrogen-bond donors (Lipinski definition) is 2. The Hall–Kier alpha value is -3.44. The van der Waals surface area contributed by atoms with Gasteiger partial charge in [0.1, 0.15) is 18.1 Å². The van der Waals surface area contributed by atoms with Crippen molar-refractivity contribution in [3.8, 4) is 5.75 Å². The van der Waals surface area contributed by atoms with E-state index in [0.29, 0.717) is 51.1 Å². The van der Waals surface area contributed by atoms with Crippen molar-refractivity contribution in [2.24, 2.45) is 5.92 Å². The van der Waals surface area contributed by atoms with E-state index >= 15 is 0 Å². The van der Waals surface area contributed by atoms with Gasteiger partial charge in [0.15, 0.2) is 0 Å². The lowest BCUT2D eigenvalue weighted by atomic mass is 10.1. The number of carbonyl (C=O) groups is 1. The molecule has 1 saturated carbocycles. The van der Waals surface area contributed by atoms with E-state index in [-0.39, 0.29) is 6.42 Å². The number of fused-ring (bicyclic) bond motifs is 2. The van der Waals surface area contributed by atoms with Crippen LogP contribution in [-0.4, -0.2) is 46.9 Å². The first kappa shape index (κ1) is 23.3. The molecule has 2 heterocycles. The van der Waals surface area contributed by atoms with Crippen LogP contribution in [0.25, 0.3) is 21.8 Å². The number of ether oxygens (including phenoxy) is 1. The predicted octanol–water partition coefficient (Wildman–Crippen LogP) is 2.38. The molecule has 35 heavy (non-hydrogen) atoms. The zero-order valence-electron chi connectivity index (χ0n) is 18.7. The van der Waals surface area contributed by atoms with E-state index in [9.17, 15) is 18.0 Å². The third kappa shape index (κ3) is 5.30. The largest absolute Gasteiger partial charge is 0.492 e. The van der Waals surface area contributed by atoms with Gasteiger partial charge < -0.3 is 9.72 Å². The number of H-pyrrole nitrogens is 1. The Morgan fingerprint density at radius 1 is 1.26 bits per heavy atom. The lowest BCUT2D eigenvalue weighted by molar-refractivity contribution is -0.120. The van der Waals surface area contributed by atoms with Crippen LogP contribution in [0, 0.1) is 5.92 Å². The maximum atomic E-state index is 12.9. The van der Waals surface area contributed by atoms with Crippen LogP contribution in [0.15, 0.2) is 41.2 Å². The van der Waals surface area contributed by atoms with Gasteiger partial charge in [-0.1, -0.05) is 29.8 Å². The van der Waals surface area contributed by atoms with Crippen LogP contribution in [0.3, 0.4) is 0 Å². The summed E-state index contributed by atoms with van der Waals surface area (Å²) < 4.78 is 31.4. The number of benzene rings is 2. The summed E-state index contributed by atoms with van der Waals surface area (Å²) in [4.78, 5) is 32.9. The van der Waals surface area contributed by atoms with E-state index in [1.165, 1.54) is 12.8 Å². The van der Waals surface area contributed by atoms with E-state index in [2.05, 4.69) is 15.1 Å². The molecule has 0 saturated heterocycles. The van der Waals surface area contributed by atoms with Crippen LogP contribution >= 0.6 is 11.6 Å². The first-order chi connectivity index (χ1) is 16.7. The molecule has 1 aliphatic rings. The maximum Gasteiger partial charge on any atom is 0.275 e. The van der Waals surface area contributed by atoms with Crippen molar-refractivity contribution in [1.29, 1.82) is 0 Å². The summed E-state index contributed by atoms with van der Waals surface area (Å²) in [6.45, 7) is 0.0913. The molecule has 0 unspecified atom stereocenters. The third-order valence-electron chi connectivity index (χ3n) is 5.63. The highest BCUT2D eigenvalue weighted by atomic mass is 35.5. The lowest BCUT2D eigenvalue weighted by Gasteiger charge is -2.10. The average molecular weight is 516 g/mol. The second-order valence-corrected chi connectivity index (χ2v) is 10.8. The Balaban J connectivity index is 1.48. The fourth-order valence-corrected chi connectivity index (χ4v) is 4.52. The minimum absolute atomic E-state index is 0.235. The van der Waals surface area contributed by atoms with Crippen LogP contribution in [0.1, 0.15) is 24.4 Å². The molecule has 5 rings (SSSR count). The van der Waals surface area contributed by atoms with Crippen molar-refractivity contribution < 1.29 is 17.9 Å².